The highest BCUT2D eigenvalue weighted by Gasteiger charge is 2.08. The third-order valence-electron chi connectivity index (χ3n) is 2.01. The average molecular weight is 196 g/mol. The number of furan rings is 1. The summed E-state index contributed by atoms with van der Waals surface area (Å²) in [4.78, 5) is 13.2. The summed E-state index contributed by atoms with van der Waals surface area (Å²) in [6.45, 7) is 1.33. The van der Waals surface area contributed by atoms with Gasteiger partial charge in [0.15, 0.2) is 0 Å². The topological polar surface area (TPSA) is 45.5 Å². The maximum Gasteiger partial charge on any atom is 0.223 e. The van der Waals surface area contributed by atoms with E-state index in [1.807, 2.05) is 13.1 Å². The van der Waals surface area contributed by atoms with Gasteiger partial charge in [-0.15, -0.1) is 0 Å². The molecule has 1 heterocycles. The molecule has 0 unspecified atom stereocenters. The van der Waals surface area contributed by atoms with E-state index in [1.54, 1.807) is 24.5 Å². The van der Waals surface area contributed by atoms with Gasteiger partial charge in [-0.2, -0.15) is 0 Å². The van der Waals surface area contributed by atoms with E-state index in [0.29, 0.717) is 19.5 Å². The molecule has 1 aromatic heterocycles. The Labute approximate surface area is 83.9 Å². The van der Waals surface area contributed by atoms with Gasteiger partial charge in [0.05, 0.1) is 12.5 Å². The van der Waals surface area contributed by atoms with Crippen molar-refractivity contribution in [2.24, 2.45) is 0 Å². The molecule has 0 radical (unpaired) electrons. The van der Waals surface area contributed by atoms with Gasteiger partial charge >= 0.3 is 0 Å². The van der Waals surface area contributed by atoms with E-state index < -0.39 is 0 Å². The van der Waals surface area contributed by atoms with Crippen molar-refractivity contribution in [1.82, 2.24) is 10.2 Å². The van der Waals surface area contributed by atoms with Crippen LogP contribution in [0.5, 0.6) is 0 Å². The maximum absolute atomic E-state index is 11.5. The lowest BCUT2D eigenvalue weighted by atomic mass is 10.3. The number of hydrogen-bond donors (Lipinski definition) is 1. The fraction of sp³-hybridized carbons (Fsp3) is 0.500. The number of nitrogens with one attached hydrogen (secondary N) is 1. The van der Waals surface area contributed by atoms with Crippen molar-refractivity contribution in [3.8, 4) is 0 Å². The maximum atomic E-state index is 11.5. The summed E-state index contributed by atoms with van der Waals surface area (Å²) in [6, 6.07) is 1.86. The molecule has 4 nitrogen and oxygen atoms in total. The van der Waals surface area contributed by atoms with E-state index in [2.05, 4.69) is 5.32 Å². The van der Waals surface area contributed by atoms with E-state index in [1.165, 1.54) is 0 Å². The van der Waals surface area contributed by atoms with Gasteiger partial charge in [0.1, 0.15) is 0 Å². The molecule has 0 saturated carbocycles. The van der Waals surface area contributed by atoms with Crippen LogP contribution in [0.15, 0.2) is 23.0 Å². The minimum Gasteiger partial charge on any atom is -0.472 e. The molecule has 0 aromatic carbocycles. The monoisotopic (exact) mass is 196 g/mol. The fourth-order valence-electron chi connectivity index (χ4n) is 1.17. The summed E-state index contributed by atoms with van der Waals surface area (Å²) in [5.41, 5.74) is 1.02. The molecule has 1 rings (SSSR count). The third-order valence-corrected chi connectivity index (χ3v) is 2.01. The number of amides is 1. The van der Waals surface area contributed by atoms with E-state index in [9.17, 15) is 4.79 Å². The van der Waals surface area contributed by atoms with Crippen LogP contribution in [0.25, 0.3) is 0 Å². The van der Waals surface area contributed by atoms with Crippen molar-refractivity contribution in [2.45, 2.75) is 13.0 Å². The largest absolute Gasteiger partial charge is 0.472 e. The van der Waals surface area contributed by atoms with E-state index in [4.69, 9.17) is 4.42 Å². The normalized spacial score (nSPS) is 10.1. The van der Waals surface area contributed by atoms with Crippen molar-refractivity contribution in [1.29, 1.82) is 0 Å². The highest BCUT2D eigenvalue weighted by molar-refractivity contribution is 5.76. The Morgan fingerprint density at radius 3 is 3.00 bits per heavy atom. The molecule has 14 heavy (non-hydrogen) atoms. The Balaban J connectivity index is 2.34. The zero-order valence-electron chi connectivity index (χ0n) is 8.62. The SMILES string of the molecule is CNCCC(=O)N(C)Cc1ccoc1. The Morgan fingerprint density at radius 1 is 1.64 bits per heavy atom. The molecule has 0 bridgehead atoms. The molecule has 0 aliphatic heterocycles. The van der Waals surface area contributed by atoms with Crippen LogP contribution in [0, 0.1) is 0 Å². The number of carbonyl (C=O) groups excluding carboxylic acids is 1. The summed E-state index contributed by atoms with van der Waals surface area (Å²) in [5, 5.41) is 2.95. The first-order chi connectivity index (χ1) is 6.74. The second-order valence-corrected chi connectivity index (χ2v) is 3.23. The Morgan fingerprint density at radius 2 is 2.43 bits per heavy atom. The van der Waals surface area contributed by atoms with Gasteiger partial charge < -0.3 is 14.6 Å². The van der Waals surface area contributed by atoms with E-state index in [-0.39, 0.29) is 5.91 Å². The smallest absolute Gasteiger partial charge is 0.223 e. The lowest BCUT2D eigenvalue weighted by molar-refractivity contribution is -0.130. The van der Waals surface area contributed by atoms with Gasteiger partial charge in [-0.3, -0.25) is 4.79 Å². The molecule has 78 valence electrons. The first-order valence-corrected chi connectivity index (χ1v) is 4.63. The van der Waals surface area contributed by atoms with Gasteiger partial charge in [0.2, 0.25) is 5.91 Å². The zero-order chi connectivity index (χ0) is 10.4. The molecule has 4 heteroatoms. The second kappa shape index (κ2) is 5.44. The van der Waals surface area contributed by atoms with Gasteiger partial charge in [-0.1, -0.05) is 0 Å². The van der Waals surface area contributed by atoms with Crippen LogP contribution in [-0.2, 0) is 11.3 Å². The lowest BCUT2D eigenvalue weighted by Gasteiger charge is -2.15. The van der Waals surface area contributed by atoms with Crippen LogP contribution in [0.1, 0.15) is 12.0 Å². The predicted octanol–water partition coefficient (Wildman–Crippen LogP) is 0.847. The summed E-state index contributed by atoms with van der Waals surface area (Å²) >= 11 is 0. The Hall–Kier alpha value is -1.29. The number of carbonyl (C=O) groups is 1. The van der Waals surface area contributed by atoms with Crippen LogP contribution >= 0.6 is 0 Å². The molecule has 1 aromatic rings. The summed E-state index contributed by atoms with van der Waals surface area (Å²) in [7, 11) is 3.63. The van der Waals surface area contributed by atoms with Gasteiger partial charge in [-0.05, 0) is 13.1 Å². The molecule has 0 atom stereocenters. The molecule has 1 N–H and O–H groups in total. The van der Waals surface area contributed by atoms with Crippen molar-refractivity contribution in [3.63, 3.8) is 0 Å². The molecular weight excluding hydrogens is 180 g/mol. The zero-order valence-corrected chi connectivity index (χ0v) is 8.62. The van der Waals surface area contributed by atoms with Crippen LogP contribution in [0.2, 0.25) is 0 Å². The first-order valence-electron chi connectivity index (χ1n) is 4.63. The minimum atomic E-state index is 0.139. The molecule has 0 saturated heterocycles. The minimum absolute atomic E-state index is 0.139. The van der Waals surface area contributed by atoms with Crippen LogP contribution in [0.3, 0.4) is 0 Å². The van der Waals surface area contributed by atoms with Crippen molar-refractivity contribution >= 4 is 5.91 Å². The van der Waals surface area contributed by atoms with Crippen molar-refractivity contribution in [2.75, 3.05) is 20.6 Å². The highest BCUT2D eigenvalue weighted by Crippen LogP contribution is 2.04. The highest BCUT2D eigenvalue weighted by atomic mass is 16.3. The van der Waals surface area contributed by atoms with Crippen LogP contribution in [-0.4, -0.2) is 31.4 Å². The standard InChI is InChI=1S/C10H16N2O2/c1-11-5-3-10(13)12(2)7-9-4-6-14-8-9/h4,6,8,11H,3,5,7H2,1-2H3. The number of hydrogen-bond acceptors (Lipinski definition) is 3. The quantitative estimate of drug-likeness (QED) is 0.759. The summed E-state index contributed by atoms with van der Waals surface area (Å²) in [5.74, 6) is 0.139. The fourth-order valence-corrected chi connectivity index (χ4v) is 1.17. The van der Waals surface area contributed by atoms with Crippen molar-refractivity contribution in [3.05, 3.63) is 24.2 Å². The molecule has 0 fully saturated rings. The number of rotatable bonds is 5. The summed E-state index contributed by atoms with van der Waals surface area (Å²) in [6.07, 6.45) is 3.80. The second-order valence-electron chi connectivity index (χ2n) is 3.23. The Kier molecular flexibility index (Phi) is 4.19. The van der Waals surface area contributed by atoms with E-state index >= 15 is 0 Å². The van der Waals surface area contributed by atoms with Gasteiger partial charge in [0, 0.05) is 32.1 Å². The predicted molar refractivity (Wildman–Crippen MR) is 53.7 cm³/mol. The van der Waals surface area contributed by atoms with Crippen LogP contribution in [0.4, 0.5) is 0 Å². The number of nitrogens with zero attached hydrogens (tertiary/aromatic N) is 1. The van der Waals surface area contributed by atoms with Crippen molar-refractivity contribution < 1.29 is 9.21 Å². The lowest BCUT2D eigenvalue weighted by Crippen LogP contribution is -2.28. The summed E-state index contributed by atoms with van der Waals surface area (Å²) < 4.78 is 4.93. The molecule has 0 spiro atoms. The van der Waals surface area contributed by atoms with Gasteiger partial charge in [0.25, 0.3) is 0 Å². The Bertz CT molecular complexity index is 270. The van der Waals surface area contributed by atoms with Crippen LogP contribution < -0.4 is 5.32 Å². The molecule has 1 amide bonds. The third kappa shape index (κ3) is 3.22. The average Bonchev–Trinajstić information content (AvgIpc) is 2.66. The van der Waals surface area contributed by atoms with Gasteiger partial charge in [-0.25, -0.2) is 0 Å². The molecular formula is C10H16N2O2. The molecule has 0 aliphatic rings. The van der Waals surface area contributed by atoms with E-state index in [0.717, 1.165) is 5.56 Å². The molecule has 0 aliphatic carbocycles. The first kappa shape index (κ1) is 10.8.